The van der Waals surface area contributed by atoms with E-state index in [9.17, 15) is 4.79 Å². The third-order valence-electron chi connectivity index (χ3n) is 4.02. The lowest BCUT2D eigenvalue weighted by Gasteiger charge is -2.39. The highest BCUT2D eigenvalue weighted by molar-refractivity contribution is 5.99. The molecule has 1 aromatic carbocycles. The molecule has 1 amide bonds. The largest absolute Gasteiger partial charge is 0.398 e. The van der Waals surface area contributed by atoms with Crippen LogP contribution in [0.2, 0.25) is 0 Å². The second-order valence-corrected chi connectivity index (χ2v) is 5.85. The van der Waals surface area contributed by atoms with Gasteiger partial charge < -0.3 is 11.1 Å². The van der Waals surface area contributed by atoms with Crippen LogP contribution in [0.4, 0.5) is 5.69 Å². The first kappa shape index (κ1) is 12.9. The average Bonchev–Trinajstić information content (AvgIpc) is 2.32. The van der Waals surface area contributed by atoms with Gasteiger partial charge in [-0.3, -0.25) is 4.79 Å². The van der Waals surface area contributed by atoms with Crippen LogP contribution in [0.1, 0.15) is 49.9 Å². The molecule has 1 atom stereocenters. The first-order valence-electron chi connectivity index (χ1n) is 6.66. The SMILES string of the molecule is CC1(C)CCCCC1NC(=O)c1ccccc1N. The number of hydrogen-bond acceptors (Lipinski definition) is 2. The molecule has 0 bridgehead atoms. The number of para-hydroxylation sites is 1. The molecule has 1 fully saturated rings. The Balaban J connectivity index is 2.10. The quantitative estimate of drug-likeness (QED) is 0.788. The van der Waals surface area contributed by atoms with Gasteiger partial charge in [0.15, 0.2) is 0 Å². The molecule has 0 saturated heterocycles. The highest BCUT2D eigenvalue weighted by Gasteiger charge is 2.33. The summed E-state index contributed by atoms with van der Waals surface area (Å²) in [5, 5.41) is 3.15. The summed E-state index contributed by atoms with van der Waals surface area (Å²) in [7, 11) is 0. The minimum absolute atomic E-state index is 0.0481. The van der Waals surface area contributed by atoms with Crippen LogP contribution in [0.25, 0.3) is 0 Å². The van der Waals surface area contributed by atoms with E-state index < -0.39 is 0 Å². The molecule has 0 spiro atoms. The molecule has 0 aliphatic heterocycles. The van der Waals surface area contributed by atoms with Crippen molar-refractivity contribution in [2.24, 2.45) is 5.41 Å². The number of nitrogen functional groups attached to an aromatic ring is 1. The number of carbonyl (C=O) groups is 1. The fourth-order valence-corrected chi connectivity index (χ4v) is 2.70. The summed E-state index contributed by atoms with van der Waals surface area (Å²) in [5.74, 6) is -0.0481. The van der Waals surface area contributed by atoms with Gasteiger partial charge in [0.05, 0.1) is 5.56 Å². The van der Waals surface area contributed by atoms with Gasteiger partial charge in [-0.15, -0.1) is 0 Å². The lowest BCUT2D eigenvalue weighted by atomic mass is 9.73. The Morgan fingerprint density at radius 3 is 2.72 bits per heavy atom. The molecule has 1 unspecified atom stereocenters. The Morgan fingerprint density at radius 2 is 2.06 bits per heavy atom. The van der Waals surface area contributed by atoms with E-state index in [0.29, 0.717) is 11.3 Å². The number of amides is 1. The molecule has 3 heteroatoms. The molecule has 0 heterocycles. The molecule has 3 nitrogen and oxygen atoms in total. The van der Waals surface area contributed by atoms with Crippen LogP contribution in [0, 0.1) is 5.41 Å². The Bertz CT molecular complexity index is 440. The van der Waals surface area contributed by atoms with Gasteiger partial charge in [-0.05, 0) is 30.4 Å². The number of nitrogens with two attached hydrogens (primary N) is 1. The van der Waals surface area contributed by atoms with Crippen molar-refractivity contribution in [1.82, 2.24) is 5.32 Å². The van der Waals surface area contributed by atoms with Crippen molar-refractivity contribution >= 4 is 11.6 Å². The molecular formula is C15H22N2O. The Morgan fingerprint density at radius 1 is 1.33 bits per heavy atom. The monoisotopic (exact) mass is 246 g/mol. The smallest absolute Gasteiger partial charge is 0.253 e. The Kier molecular flexibility index (Phi) is 3.60. The molecule has 1 saturated carbocycles. The van der Waals surface area contributed by atoms with Crippen molar-refractivity contribution in [1.29, 1.82) is 0 Å². The summed E-state index contributed by atoms with van der Waals surface area (Å²) >= 11 is 0. The van der Waals surface area contributed by atoms with Gasteiger partial charge in [-0.1, -0.05) is 38.8 Å². The van der Waals surface area contributed by atoms with E-state index in [2.05, 4.69) is 19.2 Å². The van der Waals surface area contributed by atoms with E-state index in [0.717, 1.165) is 6.42 Å². The summed E-state index contributed by atoms with van der Waals surface area (Å²) in [6.07, 6.45) is 4.68. The minimum Gasteiger partial charge on any atom is -0.398 e. The number of carbonyl (C=O) groups excluding carboxylic acids is 1. The summed E-state index contributed by atoms with van der Waals surface area (Å²) in [5.41, 5.74) is 7.14. The van der Waals surface area contributed by atoms with Gasteiger partial charge in [0.25, 0.3) is 5.91 Å². The first-order valence-corrected chi connectivity index (χ1v) is 6.66. The summed E-state index contributed by atoms with van der Waals surface area (Å²) < 4.78 is 0. The zero-order valence-corrected chi connectivity index (χ0v) is 11.2. The maximum Gasteiger partial charge on any atom is 0.253 e. The molecule has 98 valence electrons. The Hall–Kier alpha value is -1.51. The molecule has 2 rings (SSSR count). The van der Waals surface area contributed by atoms with Gasteiger partial charge in [0.2, 0.25) is 0 Å². The van der Waals surface area contributed by atoms with E-state index >= 15 is 0 Å². The maximum atomic E-state index is 12.2. The molecule has 1 aliphatic rings. The molecule has 3 N–H and O–H groups in total. The molecule has 1 aliphatic carbocycles. The molecule has 0 radical (unpaired) electrons. The summed E-state index contributed by atoms with van der Waals surface area (Å²) in [4.78, 5) is 12.2. The van der Waals surface area contributed by atoms with Crippen molar-refractivity contribution in [3.05, 3.63) is 29.8 Å². The maximum absolute atomic E-state index is 12.2. The fraction of sp³-hybridized carbons (Fsp3) is 0.533. The lowest BCUT2D eigenvalue weighted by molar-refractivity contribution is 0.0854. The van der Waals surface area contributed by atoms with Crippen LogP contribution in [0.5, 0.6) is 0 Å². The van der Waals surface area contributed by atoms with Crippen LogP contribution >= 0.6 is 0 Å². The summed E-state index contributed by atoms with van der Waals surface area (Å²) in [6.45, 7) is 4.46. The van der Waals surface area contributed by atoms with Crippen LogP contribution in [-0.2, 0) is 0 Å². The third kappa shape index (κ3) is 2.66. The standard InChI is InChI=1S/C15H22N2O/c1-15(2)10-6-5-9-13(15)17-14(18)11-7-3-4-8-12(11)16/h3-4,7-8,13H,5-6,9-10,16H2,1-2H3,(H,17,18). The van der Waals surface area contributed by atoms with E-state index in [-0.39, 0.29) is 17.4 Å². The van der Waals surface area contributed by atoms with Crippen molar-refractivity contribution < 1.29 is 4.79 Å². The lowest BCUT2D eigenvalue weighted by Crippen LogP contribution is -2.46. The van der Waals surface area contributed by atoms with Crippen LogP contribution in [0.3, 0.4) is 0 Å². The molecular weight excluding hydrogens is 224 g/mol. The fourth-order valence-electron chi connectivity index (χ4n) is 2.70. The topological polar surface area (TPSA) is 55.1 Å². The van der Waals surface area contributed by atoms with Crippen molar-refractivity contribution in [2.45, 2.75) is 45.6 Å². The van der Waals surface area contributed by atoms with Crippen LogP contribution < -0.4 is 11.1 Å². The summed E-state index contributed by atoms with van der Waals surface area (Å²) in [6, 6.07) is 7.48. The average molecular weight is 246 g/mol. The predicted octanol–water partition coefficient (Wildman–Crippen LogP) is 2.97. The zero-order valence-electron chi connectivity index (χ0n) is 11.2. The van der Waals surface area contributed by atoms with E-state index in [1.54, 1.807) is 12.1 Å². The number of hydrogen-bond donors (Lipinski definition) is 2. The highest BCUT2D eigenvalue weighted by atomic mass is 16.1. The van der Waals surface area contributed by atoms with Crippen LogP contribution in [-0.4, -0.2) is 11.9 Å². The molecule has 0 aromatic heterocycles. The van der Waals surface area contributed by atoms with Gasteiger partial charge in [0, 0.05) is 11.7 Å². The predicted molar refractivity (Wildman–Crippen MR) is 74.4 cm³/mol. The van der Waals surface area contributed by atoms with Crippen molar-refractivity contribution in [2.75, 3.05) is 5.73 Å². The van der Waals surface area contributed by atoms with E-state index in [1.165, 1.54) is 19.3 Å². The number of rotatable bonds is 2. The second-order valence-electron chi connectivity index (χ2n) is 5.85. The number of anilines is 1. The Labute approximate surface area is 109 Å². The van der Waals surface area contributed by atoms with Gasteiger partial charge in [0.1, 0.15) is 0 Å². The molecule has 18 heavy (non-hydrogen) atoms. The van der Waals surface area contributed by atoms with Crippen LogP contribution in [0.15, 0.2) is 24.3 Å². The minimum atomic E-state index is -0.0481. The second kappa shape index (κ2) is 5.01. The van der Waals surface area contributed by atoms with Crippen molar-refractivity contribution in [3.8, 4) is 0 Å². The number of nitrogens with one attached hydrogen (secondary N) is 1. The molecule has 1 aromatic rings. The van der Waals surface area contributed by atoms with Gasteiger partial charge >= 0.3 is 0 Å². The normalized spacial score (nSPS) is 22.4. The van der Waals surface area contributed by atoms with Crippen molar-refractivity contribution in [3.63, 3.8) is 0 Å². The van der Waals surface area contributed by atoms with E-state index in [4.69, 9.17) is 5.73 Å². The third-order valence-corrected chi connectivity index (χ3v) is 4.02. The van der Waals surface area contributed by atoms with Gasteiger partial charge in [-0.25, -0.2) is 0 Å². The number of benzene rings is 1. The highest BCUT2D eigenvalue weighted by Crippen LogP contribution is 2.35. The first-order chi connectivity index (χ1) is 8.50. The van der Waals surface area contributed by atoms with Gasteiger partial charge in [-0.2, -0.15) is 0 Å². The van der Waals surface area contributed by atoms with E-state index in [1.807, 2.05) is 12.1 Å². The zero-order chi connectivity index (χ0) is 13.2.